The molecule has 378 valence electrons. The average Bonchev–Trinajstić information content (AvgIpc) is 3.67. The molecule has 0 aromatic carbocycles. The monoisotopic (exact) mass is 968 g/mol. The van der Waals surface area contributed by atoms with Gasteiger partial charge in [-0.15, -0.1) is 0 Å². The number of aliphatic imine (C=N–C) groups is 1. The van der Waals surface area contributed by atoms with Gasteiger partial charge in [0.15, 0.2) is 5.96 Å². The van der Waals surface area contributed by atoms with Crippen LogP contribution >= 0.6 is 0 Å². The second-order valence-corrected chi connectivity index (χ2v) is 16.4. The number of nitrogens with two attached hydrogens (primary N) is 2. The summed E-state index contributed by atoms with van der Waals surface area (Å²) in [5.74, 6) is -13.2. The molecule has 3 rings (SSSR count). The van der Waals surface area contributed by atoms with E-state index >= 15 is 0 Å². The Labute approximate surface area is 388 Å². The Kier molecular flexibility index (Phi) is 21.9. The molecule has 3 heterocycles. The van der Waals surface area contributed by atoms with Crippen LogP contribution in [-0.4, -0.2) is 231 Å². The number of guanidine groups is 1. The lowest BCUT2D eigenvalue weighted by Crippen LogP contribution is -2.65. The molecule has 7 atom stereocenters. The van der Waals surface area contributed by atoms with Gasteiger partial charge in [0.05, 0.1) is 39.1 Å². The van der Waals surface area contributed by atoms with Gasteiger partial charge in [0, 0.05) is 57.6 Å². The van der Waals surface area contributed by atoms with E-state index in [1.807, 2.05) is 0 Å². The van der Waals surface area contributed by atoms with Crippen molar-refractivity contribution in [3.63, 3.8) is 0 Å². The predicted octanol–water partition coefficient (Wildman–Crippen LogP) is -6.81. The first kappa shape index (κ1) is 55.3. The van der Waals surface area contributed by atoms with E-state index in [0.29, 0.717) is 6.29 Å². The van der Waals surface area contributed by atoms with E-state index < -0.39 is 153 Å². The minimum Gasteiger partial charge on any atom is -0.481 e. The zero-order valence-corrected chi connectivity index (χ0v) is 37.1. The largest absolute Gasteiger partial charge is 0.481 e. The lowest BCUT2D eigenvalue weighted by atomic mass is 9.85. The molecule has 3 aliphatic rings. The van der Waals surface area contributed by atoms with Crippen molar-refractivity contribution in [2.24, 2.45) is 22.4 Å². The number of hydrogen-bond acceptors (Lipinski definition) is 16. The molecule has 0 aliphatic carbocycles. The molecule has 68 heavy (non-hydrogen) atoms. The van der Waals surface area contributed by atoms with Gasteiger partial charge in [-0.25, -0.2) is 0 Å². The van der Waals surface area contributed by atoms with Crippen LogP contribution in [0, 0.1) is 5.92 Å². The number of carboxylic acid groups (broad SMARTS) is 5. The van der Waals surface area contributed by atoms with E-state index in [1.165, 1.54) is 14.7 Å². The fraction of sp³-hybridized carbons (Fsp3) is 0.667. The third kappa shape index (κ3) is 18.0. The maximum atomic E-state index is 14.4. The van der Waals surface area contributed by atoms with Gasteiger partial charge in [0.2, 0.25) is 35.4 Å². The number of carbonyl (C=O) groups is 12. The molecular formula is C39H60N12O17. The van der Waals surface area contributed by atoms with Crippen molar-refractivity contribution in [2.45, 2.75) is 87.6 Å². The van der Waals surface area contributed by atoms with Crippen LogP contribution in [0.5, 0.6) is 0 Å². The standard InChI is InChI=1S/C39H60N12O17/c40-39(41)42-7-1-2-23-34(63)44-17-28(54)45-24(15-29(55)56)35(64)47-33-21(14-22-3-4-25(36(65)46-23)51(22)37(33)66)16-43-27(53)6-5-26(38(67)68)50(10-8-48(12-13-52)18-30(57)58)11-9-49(19-31(59)60)20-32(61)62/h13,21-26,33H,1-12,14-20H2,(H,43,53)(H,44,63)(H,45,54)(H,46,65)(H,47,64)(H,55,56)(H,57,58)(H,59,60)(H,61,62)(H,67,68)(H4,40,41,42)/t21-,22-,23-,24-,25-,26-,33+/m0/s1. The molecule has 3 saturated heterocycles. The van der Waals surface area contributed by atoms with Crippen molar-refractivity contribution in [3.8, 4) is 0 Å². The van der Waals surface area contributed by atoms with Crippen molar-refractivity contribution in [1.29, 1.82) is 0 Å². The maximum absolute atomic E-state index is 14.4. The van der Waals surface area contributed by atoms with Crippen LogP contribution in [0.3, 0.4) is 0 Å². The third-order valence-corrected chi connectivity index (χ3v) is 11.4. The number of carboxylic acids is 5. The molecule has 3 fully saturated rings. The number of amides is 6. The van der Waals surface area contributed by atoms with Crippen LogP contribution in [0.15, 0.2) is 4.99 Å². The van der Waals surface area contributed by atoms with E-state index in [1.54, 1.807) is 0 Å². The average molecular weight is 969 g/mol. The van der Waals surface area contributed by atoms with Gasteiger partial charge in [-0.1, -0.05) is 0 Å². The molecular weight excluding hydrogens is 908 g/mol. The van der Waals surface area contributed by atoms with E-state index in [9.17, 15) is 83.1 Å². The van der Waals surface area contributed by atoms with Gasteiger partial charge in [0.1, 0.15) is 36.5 Å². The molecule has 6 amide bonds. The van der Waals surface area contributed by atoms with Crippen LogP contribution < -0.4 is 38.1 Å². The van der Waals surface area contributed by atoms with Crippen LogP contribution in [0.4, 0.5) is 0 Å². The highest BCUT2D eigenvalue weighted by Crippen LogP contribution is 2.35. The SMILES string of the molecule is NC(N)=NCCC[C@@H]1NC(=O)[C@@H]2CC[C@H]3C[C@@H](CNC(=O)CC[C@@H](C(=O)O)N(CCN(CC=O)CC(=O)O)CCN(CC(=O)O)CC(=O)O)[C@@H](NC(=O)[C@H](CC(=O)O)NC(=O)CNC1=O)C(=O)N32. The summed E-state index contributed by atoms with van der Waals surface area (Å²) < 4.78 is 0. The van der Waals surface area contributed by atoms with Crippen LogP contribution in [0.1, 0.15) is 51.4 Å². The number of carbonyl (C=O) groups excluding carboxylic acids is 7. The summed E-state index contributed by atoms with van der Waals surface area (Å²) in [6, 6.07) is -7.70. The number of aliphatic carboxylic acids is 5. The minimum atomic E-state index is -1.75. The van der Waals surface area contributed by atoms with Gasteiger partial charge in [-0.2, -0.15) is 0 Å². The second-order valence-electron chi connectivity index (χ2n) is 16.4. The summed E-state index contributed by atoms with van der Waals surface area (Å²) in [6.07, 6.45) is -0.659. The van der Waals surface area contributed by atoms with Crippen molar-refractivity contribution < 1.29 is 83.1 Å². The Morgan fingerprint density at radius 2 is 1.43 bits per heavy atom. The molecule has 29 nitrogen and oxygen atoms in total. The molecule has 14 N–H and O–H groups in total. The highest BCUT2D eigenvalue weighted by molar-refractivity contribution is 5.98. The Morgan fingerprint density at radius 1 is 0.794 bits per heavy atom. The van der Waals surface area contributed by atoms with E-state index in [4.69, 9.17) is 11.5 Å². The predicted molar refractivity (Wildman–Crippen MR) is 230 cm³/mol. The topological polar surface area (TPSA) is 443 Å². The van der Waals surface area contributed by atoms with Crippen molar-refractivity contribution in [2.75, 3.05) is 72.0 Å². The van der Waals surface area contributed by atoms with Gasteiger partial charge < -0.3 is 73.3 Å². The lowest BCUT2D eigenvalue weighted by Gasteiger charge is -2.42. The summed E-state index contributed by atoms with van der Waals surface area (Å²) in [5.41, 5.74) is 10.8. The maximum Gasteiger partial charge on any atom is 0.320 e. The Hall–Kier alpha value is -7.01. The first-order valence-corrected chi connectivity index (χ1v) is 21.6. The number of fused-ring (bicyclic) bond motifs is 1. The summed E-state index contributed by atoms with van der Waals surface area (Å²) in [5, 5.41) is 60.2. The molecule has 2 bridgehead atoms. The molecule has 0 aromatic rings. The van der Waals surface area contributed by atoms with Crippen LogP contribution in [-0.2, 0) is 57.5 Å². The summed E-state index contributed by atoms with van der Waals surface area (Å²) in [7, 11) is 0. The minimum absolute atomic E-state index is 0.00236. The van der Waals surface area contributed by atoms with Crippen LogP contribution in [0.2, 0.25) is 0 Å². The third-order valence-electron chi connectivity index (χ3n) is 11.4. The molecule has 0 saturated carbocycles. The Bertz CT molecular complexity index is 1920. The smallest absolute Gasteiger partial charge is 0.320 e. The van der Waals surface area contributed by atoms with Gasteiger partial charge >= 0.3 is 29.8 Å². The van der Waals surface area contributed by atoms with E-state index in [2.05, 4.69) is 31.6 Å². The molecule has 0 unspecified atom stereocenters. The zero-order chi connectivity index (χ0) is 50.7. The highest BCUT2D eigenvalue weighted by Gasteiger charge is 2.51. The van der Waals surface area contributed by atoms with E-state index in [-0.39, 0.29) is 83.9 Å². The van der Waals surface area contributed by atoms with Gasteiger partial charge in [0.25, 0.3) is 0 Å². The highest BCUT2D eigenvalue weighted by atomic mass is 16.4. The zero-order valence-electron chi connectivity index (χ0n) is 37.1. The summed E-state index contributed by atoms with van der Waals surface area (Å²) in [4.78, 5) is 160. The summed E-state index contributed by atoms with van der Waals surface area (Å²) >= 11 is 0. The normalized spacial score (nSPS) is 22.5. The fourth-order valence-corrected chi connectivity index (χ4v) is 8.30. The van der Waals surface area contributed by atoms with Crippen molar-refractivity contribution in [3.05, 3.63) is 0 Å². The van der Waals surface area contributed by atoms with Crippen molar-refractivity contribution >= 4 is 77.5 Å². The number of hydrogen-bond donors (Lipinski definition) is 12. The van der Waals surface area contributed by atoms with Gasteiger partial charge in [-0.05, 0) is 38.5 Å². The second kappa shape index (κ2) is 27.0. The number of piperidine rings is 1. The first-order chi connectivity index (χ1) is 32.1. The quantitative estimate of drug-likeness (QED) is 0.0158. The van der Waals surface area contributed by atoms with Crippen molar-refractivity contribution in [1.82, 2.24) is 46.2 Å². The van der Waals surface area contributed by atoms with E-state index in [0.717, 1.165) is 4.90 Å². The van der Waals surface area contributed by atoms with Gasteiger partial charge in [-0.3, -0.25) is 72.4 Å². The molecule has 29 heteroatoms. The molecule has 0 aromatic heterocycles. The Morgan fingerprint density at radius 3 is 2.01 bits per heavy atom. The Balaban J connectivity index is 1.87. The number of nitrogens with one attached hydrogen (secondary N) is 5. The number of aldehydes is 1. The number of rotatable bonds is 27. The summed E-state index contributed by atoms with van der Waals surface area (Å²) in [6.45, 7) is -4.24. The lowest BCUT2D eigenvalue weighted by molar-refractivity contribution is -0.149. The fourth-order valence-electron chi connectivity index (χ4n) is 8.30. The van der Waals surface area contributed by atoms with Crippen LogP contribution in [0.25, 0.3) is 0 Å². The molecule has 0 radical (unpaired) electrons. The first-order valence-electron chi connectivity index (χ1n) is 21.6. The molecule has 3 aliphatic heterocycles. The molecule has 0 spiro atoms. The number of nitrogens with zero attached hydrogens (tertiary/aromatic N) is 5.